The van der Waals surface area contributed by atoms with E-state index in [2.05, 4.69) is 35.0 Å². The van der Waals surface area contributed by atoms with Crippen LogP contribution >= 0.6 is 0 Å². The molecule has 1 amide bonds. The molecule has 0 spiro atoms. The molecule has 0 aliphatic carbocycles. The van der Waals surface area contributed by atoms with Crippen LogP contribution in [0.15, 0.2) is 53.4 Å². The van der Waals surface area contributed by atoms with Crippen LogP contribution in [0.2, 0.25) is 0 Å². The molecule has 8 nitrogen and oxygen atoms in total. The van der Waals surface area contributed by atoms with E-state index in [0.717, 1.165) is 38.2 Å². The number of nitrogens with two attached hydrogens (primary N) is 1. The van der Waals surface area contributed by atoms with Crippen LogP contribution in [0.25, 0.3) is 0 Å². The van der Waals surface area contributed by atoms with Crippen LogP contribution in [-0.4, -0.2) is 56.8 Å². The summed E-state index contributed by atoms with van der Waals surface area (Å²) >= 11 is 0. The number of hydrogen-bond acceptors (Lipinski definition) is 6. The molecular weight excluding hydrogens is 426 g/mol. The van der Waals surface area contributed by atoms with E-state index in [9.17, 15) is 13.2 Å². The summed E-state index contributed by atoms with van der Waals surface area (Å²) in [6, 6.07) is 15.2. The van der Waals surface area contributed by atoms with Crippen LogP contribution in [0.1, 0.15) is 31.4 Å². The van der Waals surface area contributed by atoms with Crippen LogP contribution in [0, 0.1) is 11.3 Å². The highest BCUT2D eigenvalue weighted by Crippen LogP contribution is 2.13. The average Bonchev–Trinajstić information content (AvgIpc) is 2.77. The monoisotopic (exact) mass is 457 g/mol. The Balaban J connectivity index is 2.02. The van der Waals surface area contributed by atoms with Gasteiger partial charge < -0.3 is 10.2 Å². The molecule has 0 saturated heterocycles. The van der Waals surface area contributed by atoms with E-state index in [1.54, 1.807) is 12.1 Å². The molecule has 32 heavy (non-hydrogen) atoms. The van der Waals surface area contributed by atoms with Gasteiger partial charge in [0, 0.05) is 18.8 Å². The van der Waals surface area contributed by atoms with Crippen LogP contribution < -0.4 is 10.5 Å². The Bertz CT molecular complexity index is 1010. The Labute approximate surface area is 190 Å². The van der Waals surface area contributed by atoms with Gasteiger partial charge >= 0.3 is 0 Å². The molecule has 2 rings (SSSR count). The lowest BCUT2D eigenvalue weighted by Gasteiger charge is -2.24. The molecule has 2 aromatic carbocycles. The fourth-order valence-corrected chi connectivity index (χ4v) is 3.86. The number of nitrogens with zero attached hydrogens (tertiary/aromatic N) is 3. The first kappa shape index (κ1) is 25.5. The Kier molecular flexibility index (Phi) is 9.81. The number of primary sulfonamides is 1. The average molecular weight is 458 g/mol. The summed E-state index contributed by atoms with van der Waals surface area (Å²) in [5, 5.41) is 16.9. The summed E-state index contributed by atoms with van der Waals surface area (Å²) in [7, 11) is -3.77. The number of carbonyl (C=O) groups is 1. The largest absolute Gasteiger partial charge is 0.325 e. The number of amides is 1. The first-order valence-corrected chi connectivity index (χ1v) is 12.2. The van der Waals surface area contributed by atoms with E-state index in [-0.39, 0.29) is 17.3 Å². The molecule has 0 aromatic heterocycles. The van der Waals surface area contributed by atoms with E-state index >= 15 is 0 Å². The highest BCUT2D eigenvalue weighted by Gasteiger charge is 2.13. The lowest BCUT2D eigenvalue weighted by Crippen LogP contribution is -2.35. The summed E-state index contributed by atoms with van der Waals surface area (Å²) in [5.41, 5.74) is 2.13. The summed E-state index contributed by atoms with van der Waals surface area (Å²) in [6.45, 7) is 8.71. The fraction of sp³-hybridized carbons (Fsp3) is 0.391. The molecule has 9 heteroatoms. The van der Waals surface area contributed by atoms with Crippen molar-refractivity contribution < 1.29 is 13.2 Å². The van der Waals surface area contributed by atoms with Gasteiger partial charge in [0.15, 0.2) is 0 Å². The highest BCUT2D eigenvalue weighted by atomic mass is 32.2. The zero-order valence-electron chi connectivity index (χ0n) is 18.6. The van der Waals surface area contributed by atoms with Gasteiger partial charge in [-0.3, -0.25) is 9.69 Å². The van der Waals surface area contributed by atoms with Crippen molar-refractivity contribution >= 4 is 21.6 Å². The first-order valence-electron chi connectivity index (χ1n) is 10.6. The van der Waals surface area contributed by atoms with Crippen molar-refractivity contribution in [3.05, 3.63) is 59.7 Å². The Morgan fingerprint density at radius 1 is 1.00 bits per heavy atom. The molecule has 172 valence electrons. The lowest BCUT2D eigenvalue weighted by molar-refractivity contribution is -0.117. The van der Waals surface area contributed by atoms with Crippen LogP contribution in [-0.2, 0) is 21.4 Å². The molecule has 0 unspecified atom stereocenters. The maximum Gasteiger partial charge on any atom is 0.238 e. The fourth-order valence-electron chi connectivity index (χ4n) is 3.35. The topological polar surface area (TPSA) is 120 Å². The van der Waals surface area contributed by atoms with Crippen molar-refractivity contribution in [3.8, 4) is 6.07 Å². The van der Waals surface area contributed by atoms with Gasteiger partial charge in [-0.05, 0) is 68.0 Å². The predicted molar refractivity (Wildman–Crippen MR) is 125 cm³/mol. The second-order valence-electron chi connectivity index (χ2n) is 7.52. The third kappa shape index (κ3) is 8.40. The normalized spacial score (nSPS) is 11.5. The first-order chi connectivity index (χ1) is 15.2. The molecule has 2 aromatic rings. The Morgan fingerprint density at radius 3 is 2.12 bits per heavy atom. The van der Waals surface area contributed by atoms with E-state index < -0.39 is 10.0 Å². The summed E-state index contributed by atoms with van der Waals surface area (Å²) in [6.07, 6.45) is 0.925. The number of nitrogens with one attached hydrogen (secondary N) is 1. The minimum absolute atomic E-state index is 0.00524. The number of anilines is 1. The summed E-state index contributed by atoms with van der Waals surface area (Å²) in [5.74, 6) is -0.190. The molecule has 0 heterocycles. The van der Waals surface area contributed by atoms with E-state index in [4.69, 9.17) is 10.4 Å². The molecule has 0 radical (unpaired) electrons. The molecular formula is C23H31N5O3S. The van der Waals surface area contributed by atoms with Crippen molar-refractivity contribution in [1.82, 2.24) is 9.80 Å². The van der Waals surface area contributed by atoms with Gasteiger partial charge in [0.2, 0.25) is 15.9 Å². The number of benzene rings is 2. The summed E-state index contributed by atoms with van der Waals surface area (Å²) in [4.78, 5) is 17.1. The Morgan fingerprint density at radius 2 is 1.59 bits per heavy atom. The number of carbonyl (C=O) groups excluding carboxylic acids is 1. The van der Waals surface area contributed by atoms with Crippen LogP contribution in [0.3, 0.4) is 0 Å². The minimum Gasteiger partial charge on any atom is -0.325 e. The van der Waals surface area contributed by atoms with Gasteiger partial charge in [-0.2, -0.15) is 5.26 Å². The number of nitriles is 1. The number of sulfonamides is 1. The SMILES string of the molecule is CCN(CC)CCCN(CC(=O)Nc1ccc(S(N)(=O)=O)cc1)Cc1ccc(C#N)cc1. The molecule has 0 aliphatic heterocycles. The standard InChI is InChI=1S/C23H31N5O3S/c1-3-27(4-2)14-5-15-28(17-20-8-6-19(16-24)7-9-20)18-23(29)26-21-10-12-22(13-11-21)32(25,30)31/h6-13H,3-5,14-15,17-18H2,1-2H3,(H,26,29)(H2,25,30,31). The van der Waals surface area contributed by atoms with Crippen molar-refractivity contribution in [2.75, 3.05) is 38.0 Å². The van der Waals surface area contributed by atoms with Crippen molar-refractivity contribution in [1.29, 1.82) is 5.26 Å². The second-order valence-corrected chi connectivity index (χ2v) is 9.08. The van der Waals surface area contributed by atoms with E-state index in [1.807, 2.05) is 12.1 Å². The van der Waals surface area contributed by atoms with Gasteiger partial charge in [0.25, 0.3) is 0 Å². The van der Waals surface area contributed by atoms with Crippen molar-refractivity contribution in [2.24, 2.45) is 5.14 Å². The second kappa shape index (κ2) is 12.3. The third-order valence-corrected chi connectivity index (χ3v) is 6.10. The molecule has 0 atom stereocenters. The van der Waals surface area contributed by atoms with Gasteiger partial charge in [-0.15, -0.1) is 0 Å². The van der Waals surface area contributed by atoms with Crippen LogP contribution in [0.4, 0.5) is 5.69 Å². The van der Waals surface area contributed by atoms with Gasteiger partial charge in [0.05, 0.1) is 23.1 Å². The Hall–Kier alpha value is -2.77. The van der Waals surface area contributed by atoms with Gasteiger partial charge in [-0.25, -0.2) is 13.6 Å². The van der Waals surface area contributed by atoms with Crippen molar-refractivity contribution in [3.63, 3.8) is 0 Å². The van der Waals surface area contributed by atoms with Crippen molar-refractivity contribution in [2.45, 2.75) is 31.7 Å². The number of hydrogen-bond donors (Lipinski definition) is 2. The zero-order chi connectivity index (χ0) is 23.6. The van der Waals surface area contributed by atoms with Gasteiger partial charge in [-0.1, -0.05) is 26.0 Å². The third-order valence-electron chi connectivity index (χ3n) is 5.17. The van der Waals surface area contributed by atoms with E-state index in [1.165, 1.54) is 24.3 Å². The predicted octanol–water partition coefficient (Wildman–Crippen LogP) is 2.38. The minimum atomic E-state index is -3.77. The molecule has 0 bridgehead atoms. The lowest BCUT2D eigenvalue weighted by atomic mass is 10.1. The smallest absolute Gasteiger partial charge is 0.238 e. The molecule has 0 aliphatic rings. The highest BCUT2D eigenvalue weighted by molar-refractivity contribution is 7.89. The molecule has 3 N–H and O–H groups in total. The number of rotatable bonds is 12. The quantitative estimate of drug-likeness (QED) is 0.505. The molecule has 0 fully saturated rings. The maximum atomic E-state index is 12.7. The zero-order valence-corrected chi connectivity index (χ0v) is 19.4. The van der Waals surface area contributed by atoms with E-state index in [0.29, 0.717) is 17.8 Å². The van der Waals surface area contributed by atoms with Gasteiger partial charge in [0.1, 0.15) is 0 Å². The maximum absolute atomic E-state index is 12.7. The summed E-state index contributed by atoms with van der Waals surface area (Å²) < 4.78 is 22.8. The van der Waals surface area contributed by atoms with Crippen LogP contribution in [0.5, 0.6) is 0 Å². The molecule has 0 saturated carbocycles.